The molecule has 0 fully saturated rings. The molecule has 0 amide bonds. The summed E-state index contributed by atoms with van der Waals surface area (Å²) in [4.78, 5) is 18.5. The second kappa shape index (κ2) is 5.01. The Hall–Kier alpha value is -2.15. The first-order valence-corrected chi connectivity index (χ1v) is 5.31. The number of hydrogen-bond donors (Lipinski definition) is 1. The second-order valence-electron chi connectivity index (χ2n) is 3.38. The van der Waals surface area contributed by atoms with Crippen LogP contribution in [-0.4, -0.2) is 37.4 Å². The van der Waals surface area contributed by atoms with Gasteiger partial charge in [-0.05, 0) is 12.1 Å². The fraction of sp³-hybridized carbons (Fsp3) is 0.200. The van der Waals surface area contributed by atoms with E-state index in [1.54, 1.807) is 25.4 Å². The number of carboxylic acids is 1. The number of halogens is 1. The summed E-state index contributed by atoms with van der Waals surface area (Å²) in [5.41, 5.74) is 0.530. The third kappa shape index (κ3) is 2.75. The molecule has 94 valence electrons. The molecule has 0 spiro atoms. The summed E-state index contributed by atoms with van der Waals surface area (Å²) in [6.07, 6.45) is 1.55. The third-order valence-corrected chi connectivity index (χ3v) is 2.25. The Morgan fingerprint density at radius 3 is 3.06 bits per heavy atom. The maximum atomic E-state index is 10.4. The second-order valence-corrected chi connectivity index (χ2v) is 3.82. The van der Waals surface area contributed by atoms with Crippen LogP contribution in [0.5, 0.6) is 6.01 Å². The molecule has 18 heavy (non-hydrogen) atoms. The van der Waals surface area contributed by atoms with E-state index in [9.17, 15) is 4.79 Å². The zero-order valence-electron chi connectivity index (χ0n) is 9.37. The highest BCUT2D eigenvalue weighted by molar-refractivity contribution is 6.30. The topological polar surface area (TPSA) is 90.1 Å². The molecule has 0 saturated heterocycles. The van der Waals surface area contributed by atoms with Gasteiger partial charge in [-0.25, -0.2) is 9.48 Å². The normalized spacial score (nSPS) is 10.3. The average Bonchev–Trinajstić information content (AvgIpc) is 2.68. The summed E-state index contributed by atoms with van der Waals surface area (Å²) in [7, 11) is 1.65. The van der Waals surface area contributed by atoms with Gasteiger partial charge in [0.15, 0.2) is 12.4 Å². The lowest BCUT2D eigenvalue weighted by atomic mass is 10.3. The highest BCUT2D eigenvalue weighted by Gasteiger charge is 2.12. The predicted octanol–water partition coefficient (Wildman–Crippen LogP) is 0.994. The van der Waals surface area contributed by atoms with Crippen LogP contribution < -0.4 is 4.74 Å². The average molecular weight is 269 g/mol. The van der Waals surface area contributed by atoms with Gasteiger partial charge in [0, 0.05) is 18.3 Å². The predicted molar refractivity (Wildman–Crippen MR) is 62.4 cm³/mol. The molecule has 0 aromatic carbocycles. The number of hydrogen-bond acceptors (Lipinski definition) is 5. The number of aryl methyl sites for hydroxylation is 1. The molecule has 8 heteroatoms. The van der Waals surface area contributed by atoms with Gasteiger partial charge in [-0.1, -0.05) is 11.6 Å². The van der Waals surface area contributed by atoms with Gasteiger partial charge in [0.25, 0.3) is 0 Å². The molecule has 0 aliphatic rings. The van der Waals surface area contributed by atoms with Crippen LogP contribution in [-0.2, 0) is 11.8 Å². The molecule has 0 aliphatic heterocycles. The molecule has 0 bridgehead atoms. The van der Waals surface area contributed by atoms with Crippen LogP contribution in [0.25, 0.3) is 11.5 Å². The minimum Gasteiger partial charge on any atom is -0.479 e. The molecule has 2 aromatic rings. The van der Waals surface area contributed by atoms with Crippen LogP contribution in [0.15, 0.2) is 18.3 Å². The van der Waals surface area contributed by atoms with Gasteiger partial charge in [-0.3, -0.25) is 4.98 Å². The van der Waals surface area contributed by atoms with Crippen molar-refractivity contribution in [3.8, 4) is 17.5 Å². The van der Waals surface area contributed by atoms with E-state index >= 15 is 0 Å². The Morgan fingerprint density at radius 2 is 2.39 bits per heavy atom. The largest absolute Gasteiger partial charge is 0.479 e. The Labute approximate surface area is 107 Å². The summed E-state index contributed by atoms with van der Waals surface area (Å²) in [6, 6.07) is 3.26. The van der Waals surface area contributed by atoms with E-state index in [4.69, 9.17) is 21.4 Å². The fourth-order valence-electron chi connectivity index (χ4n) is 1.30. The van der Waals surface area contributed by atoms with Gasteiger partial charge in [0.05, 0.1) is 0 Å². The van der Waals surface area contributed by atoms with Crippen molar-refractivity contribution in [2.24, 2.45) is 7.05 Å². The van der Waals surface area contributed by atoms with Gasteiger partial charge < -0.3 is 9.84 Å². The Kier molecular flexibility index (Phi) is 3.42. The maximum Gasteiger partial charge on any atom is 0.341 e. The van der Waals surface area contributed by atoms with Gasteiger partial charge in [0.1, 0.15) is 5.69 Å². The SMILES string of the molecule is Cn1nc(OCC(=O)O)nc1-c1cc(Cl)ccn1. The molecular weight excluding hydrogens is 260 g/mol. The number of carboxylic acid groups (broad SMARTS) is 1. The van der Waals surface area contributed by atoms with Gasteiger partial charge in [-0.2, -0.15) is 4.98 Å². The Bertz CT molecular complexity index is 584. The maximum absolute atomic E-state index is 10.4. The smallest absolute Gasteiger partial charge is 0.341 e. The molecular formula is C10H9ClN4O3. The van der Waals surface area contributed by atoms with Crippen molar-refractivity contribution in [2.75, 3.05) is 6.61 Å². The molecule has 0 aliphatic carbocycles. The van der Waals surface area contributed by atoms with Gasteiger partial charge in [-0.15, -0.1) is 5.10 Å². The number of aromatic nitrogens is 4. The zero-order valence-corrected chi connectivity index (χ0v) is 10.1. The number of carbonyl (C=O) groups is 1. The number of ether oxygens (including phenoxy) is 1. The fourth-order valence-corrected chi connectivity index (χ4v) is 1.46. The lowest BCUT2D eigenvalue weighted by Gasteiger charge is -1.98. The van der Waals surface area contributed by atoms with Crippen LogP contribution in [0.3, 0.4) is 0 Å². The van der Waals surface area contributed by atoms with E-state index in [0.717, 1.165) is 0 Å². The number of rotatable bonds is 4. The molecule has 1 N–H and O–H groups in total. The van der Waals surface area contributed by atoms with E-state index in [-0.39, 0.29) is 6.01 Å². The van der Waals surface area contributed by atoms with E-state index < -0.39 is 12.6 Å². The molecule has 7 nitrogen and oxygen atoms in total. The summed E-state index contributed by atoms with van der Waals surface area (Å²) in [6.45, 7) is -0.494. The lowest BCUT2D eigenvalue weighted by Crippen LogP contribution is -2.10. The minimum absolute atomic E-state index is 0.0170. The van der Waals surface area contributed by atoms with Crippen LogP contribution in [0.4, 0.5) is 0 Å². The van der Waals surface area contributed by atoms with Gasteiger partial charge >= 0.3 is 12.0 Å². The van der Waals surface area contributed by atoms with Crippen molar-refractivity contribution in [1.82, 2.24) is 19.7 Å². The van der Waals surface area contributed by atoms with Crippen molar-refractivity contribution in [3.63, 3.8) is 0 Å². The van der Waals surface area contributed by atoms with Crippen LogP contribution >= 0.6 is 11.6 Å². The van der Waals surface area contributed by atoms with E-state index in [1.165, 1.54) is 4.68 Å². The Morgan fingerprint density at radius 1 is 1.61 bits per heavy atom. The Balaban J connectivity index is 2.26. The monoisotopic (exact) mass is 268 g/mol. The third-order valence-electron chi connectivity index (χ3n) is 2.02. The van der Waals surface area contributed by atoms with Crippen molar-refractivity contribution in [3.05, 3.63) is 23.4 Å². The number of nitrogens with zero attached hydrogens (tertiary/aromatic N) is 4. The van der Waals surface area contributed by atoms with E-state index in [0.29, 0.717) is 16.5 Å². The lowest BCUT2D eigenvalue weighted by molar-refractivity contribution is -0.139. The number of pyridine rings is 1. The van der Waals surface area contributed by atoms with Crippen molar-refractivity contribution in [2.45, 2.75) is 0 Å². The molecule has 0 unspecified atom stereocenters. The van der Waals surface area contributed by atoms with E-state index in [1.807, 2.05) is 0 Å². The number of aliphatic carboxylic acids is 1. The van der Waals surface area contributed by atoms with Crippen molar-refractivity contribution >= 4 is 17.6 Å². The highest BCUT2D eigenvalue weighted by Crippen LogP contribution is 2.19. The van der Waals surface area contributed by atoms with Crippen LogP contribution in [0.2, 0.25) is 5.02 Å². The van der Waals surface area contributed by atoms with Crippen molar-refractivity contribution in [1.29, 1.82) is 0 Å². The summed E-state index contributed by atoms with van der Waals surface area (Å²) < 4.78 is 6.32. The molecule has 0 radical (unpaired) electrons. The summed E-state index contributed by atoms with van der Waals surface area (Å²) >= 11 is 5.85. The van der Waals surface area contributed by atoms with Crippen LogP contribution in [0.1, 0.15) is 0 Å². The first-order chi connectivity index (χ1) is 8.56. The van der Waals surface area contributed by atoms with Crippen molar-refractivity contribution < 1.29 is 14.6 Å². The van der Waals surface area contributed by atoms with Gasteiger partial charge in [0.2, 0.25) is 0 Å². The summed E-state index contributed by atoms with van der Waals surface area (Å²) in [5, 5.41) is 12.9. The van der Waals surface area contributed by atoms with Crippen LogP contribution in [0, 0.1) is 0 Å². The molecule has 2 aromatic heterocycles. The quantitative estimate of drug-likeness (QED) is 0.889. The summed E-state index contributed by atoms with van der Waals surface area (Å²) in [5.74, 6) is -0.650. The zero-order chi connectivity index (χ0) is 13.1. The first kappa shape index (κ1) is 12.3. The molecule has 0 atom stereocenters. The minimum atomic E-state index is -1.09. The molecule has 2 rings (SSSR count). The molecule has 0 saturated carbocycles. The van der Waals surface area contributed by atoms with E-state index in [2.05, 4.69) is 15.1 Å². The first-order valence-electron chi connectivity index (χ1n) is 4.94. The standard InChI is InChI=1S/C10H9ClN4O3/c1-15-9(7-4-6(11)2-3-12-7)13-10(14-15)18-5-8(16)17/h2-4H,5H2,1H3,(H,16,17). The highest BCUT2D eigenvalue weighted by atomic mass is 35.5. The molecule has 2 heterocycles.